The van der Waals surface area contributed by atoms with Gasteiger partial charge in [-0.15, -0.1) is 0 Å². The van der Waals surface area contributed by atoms with Crippen molar-refractivity contribution in [2.45, 2.75) is 18.9 Å². The van der Waals surface area contributed by atoms with E-state index in [0.29, 0.717) is 6.10 Å². The Kier molecular flexibility index (Phi) is 2.98. The quantitative estimate of drug-likeness (QED) is 0.664. The first-order chi connectivity index (χ1) is 5.95. The maximum absolute atomic E-state index is 5.56. The molecule has 0 aromatic heterocycles. The molecular weight excluding hydrogens is 154 g/mol. The third-order valence-electron chi connectivity index (χ3n) is 2.55. The van der Waals surface area contributed by atoms with Crippen LogP contribution in [0.2, 0.25) is 0 Å². The summed E-state index contributed by atoms with van der Waals surface area (Å²) in [4.78, 5) is 0. The van der Waals surface area contributed by atoms with Crippen LogP contribution < -0.4 is 5.32 Å². The van der Waals surface area contributed by atoms with Gasteiger partial charge in [0.2, 0.25) is 0 Å². The predicted molar refractivity (Wildman–Crippen MR) is 46.2 cm³/mol. The predicted octanol–water partition coefficient (Wildman–Crippen LogP) is 0.401. The zero-order valence-corrected chi connectivity index (χ0v) is 7.42. The third kappa shape index (κ3) is 2.19. The van der Waals surface area contributed by atoms with Gasteiger partial charge in [0.25, 0.3) is 0 Å². The van der Waals surface area contributed by atoms with Crippen molar-refractivity contribution >= 4 is 0 Å². The maximum Gasteiger partial charge on any atom is 0.0809 e. The van der Waals surface area contributed by atoms with E-state index in [1.54, 1.807) is 0 Å². The highest BCUT2D eigenvalue weighted by Gasteiger charge is 2.19. The molecule has 1 atom stereocenters. The molecule has 3 nitrogen and oxygen atoms in total. The largest absolute Gasteiger partial charge is 0.378 e. The molecule has 3 heteroatoms. The van der Waals surface area contributed by atoms with Crippen LogP contribution in [0.3, 0.4) is 0 Å². The van der Waals surface area contributed by atoms with Gasteiger partial charge in [0.05, 0.1) is 19.3 Å². The lowest BCUT2D eigenvalue weighted by molar-refractivity contribution is -0.000907. The minimum atomic E-state index is 0.387. The van der Waals surface area contributed by atoms with E-state index in [-0.39, 0.29) is 0 Å². The van der Waals surface area contributed by atoms with Gasteiger partial charge in [0.1, 0.15) is 0 Å². The van der Waals surface area contributed by atoms with Crippen LogP contribution in [0, 0.1) is 5.92 Å². The number of nitrogens with one attached hydrogen (secondary N) is 1. The first-order valence-electron chi connectivity index (χ1n) is 4.85. The molecule has 0 spiro atoms. The normalized spacial score (nSPS) is 30.5. The molecule has 2 aliphatic rings. The Morgan fingerprint density at radius 2 is 2.25 bits per heavy atom. The number of rotatable bonds is 4. The van der Waals surface area contributed by atoms with Crippen molar-refractivity contribution in [3.63, 3.8) is 0 Å². The van der Waals surface area contributed by atoms with Crippen molar-refractivity contribution in [2.24, 2.45) is 5.92 Å². The molecule has 2 saturated heterocycles. The summed E-state index contributed by atoms with van der Waals surface area (Å²) in [6, 6.07) is 0. The van der Waals surface area contributed by atoms with Crippen LogP contribution in [0.4, 0.5) is 0 Å². The summed E-state index contributed by atoms with van der Waals surface area (Å²) in [6.45, 7) is 4.90. The van der Waals surface area contributed by atoms with E-state index < -0.39 is 0 Å². The molecule has 2 rings (SSSR count). The summed E-state index contributed by atoms with van der Waals surface area (Å²) < 4.78 is 11.0. The van der Waals surface area contributed by atoms with E-state index in [0.717, 1.165) is 38.8 Å². The summed E-state index contributed by atoms with van der Waals surface area (Å²) in [6.07, 6.45) is 2.78. The number of ether oxygens (including phenoxy) is 2. The molecule has 0 radical (unpaired) electrons. The van der Waals surface area contributed by atoms with E-state index in [9.17, 15) is 0 Å². The van der Waals surface area contributed by atoms with Gasteiger partial charge in [0.15, 0.2) is 0 Å². The Morgan fingerprint density at radius 3 is 2.83 bits per heavy atom. The van der Waals surface area contributed by atoms with E-state index in [2.05, 4.69) is 5.32 Å². The van der Waals surface area contributed by atoms with E-state index in [1.807, 2.05) is 0 Å². The molecule has 0 amide bonds. The van der Waals surface area contributed by atoms with E-state index in [4.69, 9.17) is 9.47 Å². The van der Waals surface area contributed by atoms with Gasteiger partial charge in [-0.3, -0.25) is 0 Å². The average molecular weight is 171 g/mol. The lowest BCUT2D eigenvalue weighted by atomic mass is 10.1. The lowest BCUT2D eigenvalue weighted by Crippen LogP contribution is -2.44. The molecule has 2 fully saturated rings. The second-order valence-electron chi connectivity index (χ2n) is 3.70. The Morgan fingerprint density at radius 1 is 1.33 bits per heavy atom. The fourth-order valence-electron chi connectivity index (χ4n) is 1.61. The third-order valence-corrected chi connectivity index (χ3v) is 2.55. The van der Waals surface area contributed by atoms with Crippen molar-refractivity contribution in [1.82, 2.24) is 5.32 Å². The molecule has 0 aromatic rings. The van der Waals surface area contributed by atoms with Crippen molar-refractivity contribution in [2.75, 3.05) is 32.9 Å². The molecule has 1 unspecified atom stereocenters. The number of hydrogen-bond acceptors (Lipinski definition) is 3. The van der Waals surface area contributed by atoms with Crippen LogP contribution in [-0.2, 0) is 9.47 Å². The SMILES string of the molecule is C1COC(COCC2CNC2)C1. The lowest BCUT2D eigenvalue weighted by Gasteiger charge is -2.27. The summed E-state index contributed by atoms with van der Waals surface area (Å²) in [5.41, 5.74) is 0. The Balaban J connectivity index is 1.49. The van der Waals surface area contributed by atoms with Crippen LogP contribution in [-0.4, -0.2) is 39.0 Å². The summed E-state index contributed by atoms with van der Waals surface area (Å²) in [5, 5.41) is 3.23. The molecule has 2 heterocycles. The molecule has 12 heavy (non-hydrogen) atoms. The Bertz CT molecular complexity index is 130. The van der Waals surface area contributed by atoms with Crippen LogP contribution in [0.5, 0.6) is 0 Å². The molecule has 0 aliphatic carbocycles. The Labute approximate surface area is 73.4 Å². The van der Waals surface area contributed by atoms with Crippen LogP contribution in [0.25, 0.3) is 0 Å². The second-order valence-corrected chi connectivity index (χ2v) is 3.70. The standard InChI is InChI=1S/C9H17NO2/c1-2-9(12-3-1)7-11-6-8-4-10-5-8/h8-10H,1-7H2. The van der Waals surface area contributed by atoms with Gasteiger partial charge in [0, 0.05) is 25.6 Å². The van der Waals surface area contributed by atoms with Gasteiger partial charge in [-0.2, -0.15) is 0 Å². The highest BCUT2D eigenvalue weighted by molar-refractivity contribution is 4.74. The second kappa shape index (κ2) is 4.21. The van der Waals surface area contributed by atoms with E-state index >= 15 is 0 Å². The number of hydrogen-bond donors (Lipinski definition) is 1. The molecular formula is C9H17NO2. The van der Waals surface area contributed by atoms with Crippen molar-refractivity contribution in [3.05, 3.63) is 0 Å². The van der Waals surface area contributed by atoms with Crippen molar-refractivity contribution < 1.29 is 9.47 Å². The van der Waals surface area contributed by atoms with E-state index in [1.165, 1.54) is 12.8 Å². The fraction of sp³-hybridized carbons (Fsp3) is 1.00. The van der Waals surface area contributed by atoms with Crippen LogP contribution in [0.15, 0.2) is 0 Å². The summed E-state index contributed by atoms with van der Waals surface area (Å²) in [5.74, 6) is 0.756. The zero-order valence-electron chi connectivity index (χ0n) is 7.42. The summed E-state index contributed by atoms with van der Waals surface area (Å²) in [7, 11) is 0. The molecule has 0 aromatic carbocycles. The van der Waals surface area contributed by atoms with Gasteiger partial charge >= 0.3 is 0 Å². The van der Waals surface area contributed by atoms with Gasteiger partial charge in [-0.1, -0.05) is 0 Å². The summed E-state index contributed by atoms with van der Waals surface area (Å²) >= 11 is 0. The molecule has 0 saturated carbocycles. The van der Waals surface area contributed by atoms with Crippen molar-refractivity contribution in [3.8, 4) is 0 Å². The Hall–Kier alpha value is -0.120. The van der Waals surface area contributed by atoms with Gasteiger partial charge < -0.3 is 14.8 Å². The van der Waals surface area contributed by atoms with Gasteiger partial charge in [-0.05, 0) is 12.8 Å². The van der Waals surface area contributed by atoms with Crippen molar-refractivity contribution in [1.29, 1.82) is 0 Å². The fourth-order valence-corrected chi connectivity index (χ4v) is 1.61. The molecule has 2 aliphatic heterocycles. The molecule has 70 valence electrons. The zero-order chi connectivity index (χ0) is 8.23. The average Bonchev–Trinajstić information content (AvgIpc) is 2.46. The van der Waals surface area contributed by atoms with Crippen LogP contribution >= 0.6 is 0 Å². The minimum absolute atomic E-state index is 0.387. The minimum Gasteiger partial charge on any atom is -0.378 e. The first-order valence-corrected chi connectivity index (χ1v) is 4.85. The van der Waals surface area contributed by atoms with Gasteiger partial charge in [-0.25, -0.2) is 0 Å². The highest BCUT2D eigenvalue weighted by atomic mass is 16.5. The topological polar surface area (TPSA) is 30.5 Å². The van der Waals surface area contributed by atoms with Crippen LogP contribution in [0.1, 0.15) is 12.8 Å². The highest BCUT2D eigenvalue weighted by Crippen LogP contribution is 2.12. The first kappa shape index (κ1) is 8.48. The molecule has 0 bridgehead atoms. The monoisotopic (exact) mass is 171 g/mol. The molecule has 1 N–H and O–H groups in total. The maximum atomic E-state index is 5.56. The smallest absolute Gasteiger partial charge is 0.0809 e.